The summed E-state index contributed by atoms with van der Waals surface area (Å²) in [4.78, 5) is 20.5. The fourth-order valence-corrected chi connectivity index (χ4v) is 0.262. The van der Waals surface area contributed by atoms with Crippen LogP contribution in [-0.4, -0.2) is 31.5 Å². The molecule has 0 atom stereocenters. The van der Waals surface area contributed by atoms with Crippen LogP contribution in [0.2, 0.25) is 0 Å². The average molecular weight is 269 g/mol. The second kappa shape index (κ2) is 10.5. The molecule has 0 unspecified atom stereocenters. The molecule has 0 rings (SSSR count). The van der Waals surface area contributed by atoms with Crippen molar-refractivity contribution >= 4 is 27.9 Å². The van der Waals surface area contributed by atoms with Gasteiger partial charge in [0.2, 0.25) is 0 Å². The fraction of sp³-hybridized carbons (Fsp3) is 0.778. The molecule has 84 valence electrons. The maximum atomic E-state index is 10.3. The maximum absolute atomic E-state index is 10.3. The molecule has 4 nitrogen and oxygen atoms in total. The molecule has 0 heterocycles. The summed E-state index contributed by atoms with van der Waals surface area (Å²) in [6.45, 7) is 4.35. The van der Waals surface area contributed by atoms with Crippen LogP contribution >= 0.6 is 15.9 Å². The third-order valence-electron chi connectivity index (χ3n) is 1.05. The predicted octanol–water partition coefficient (Wildman–Crippen LogP) is 1.76. The van der Waals surface area contributed by atoms with Crippen LogP contribution in [0.4, 0.5) is 0 Å². The Morgan fingerprint density at radius 1 is 1.14 bits per heavy atom. The first kappa shape index (κ1) is 15.9. The Bertz CT molecular complexity index is 154. The van der Waals surface area contributed by atoms with Crippen molar-refractivity contribution in [2.24, 2.45) is 5.92 Å². The quantitative estimate of drug-likeness (QED) is 0.445. The minimum Gasteiger partial charge on any atom is -0.469 e. The van der Waals surface area contributed by atoms with Crippen LogP contribution in [0.5, 0.6) is 0 Å². The first-order chi connectivity index (χ1) is 6.47. The van der Waals surface area contributed by atoms with Gasteiger partial charge in [0.25, 0.3) is 0 Å². The van der Waals surface area contributed by atoms with E-state index in [2.05, 4.69) is 39.3 Å². The van der Waals surface area contributed by atoms with Gasteiger partial charge in [-0.05, 0) is 5.92 Å². The minimum absolute atomic E-state index is 0.312. The number of hydrogen-bond acceptors (Lipinski definition) is 4. The van der Waals surface area contributed by atoms with Crippen LogP contribution in [0.1, 0.15) is 20.3 Å². The summed E-state index contributed by atoms with van der Waals surface area (Å²) in [6.07, 6.45) is -0.312. The lowest BCUT2D eigenvalue weighted by atomic mass is 10.3. The number of carbonyl (C=O) groups is 2. The zero-order chi connectivity index (χ0) is 11.6. The molecule has 0 spiro atoms. The van der Waals surface area contributed by atoms with E-state index in [1.54, 1.807) is 0 Å². The van der Waals surface area contributed by atoms with Crippen LogP contribution in [0.3, 0.4) is 0 Å². The van der Waals surface area contributed by atoms with Gasteiger partial charge in [0, 0.05) is 5.33 Å². The molecule has 0 bridgehead atoms. The summed E-state index contributed by atoms with van der Waals surface area (Å²) >= 11 is 3.31. The Hall–Kier alpha value is -0.580. The van der Waals surface area contributed by atoms with Crippen molar-refractivity contribution in [1.29, 1.82) is 0 Å². The summed E-state index contributed by atoms with van der Waals surface area (Å²) in [5.74, 6) is -0.362. The Labute approximate surface area is 93.1 Å². The van der Waals surface area contributed by atoms with Gasteiger partial charge >= 0.3 is 11.9 Å². The standard InChI is InChI=1S/C5H8O4.C4H9Br/c1-8-4(6)3-5(7)9-2;1-4(2)3-5/h3H2,1-2H3;4H,3H2,1-2H3. The molecule has 0 aromatic rings. The molecule has 0 saturated carbocycles. The van der Waals surface area contributed by atoms with Crippen LogP contribution in [0.25, 0.3) is 0 Å². The van der Waals surface area contributed by atoms with E-state index >= 15 is 0 Å². The van der Waals surface area contributed by atoms with Gasteiger partial charge in [-0.15, -0.1) is 0 Å². The van der Waals surface area contributed by atoms with Gasteiger partial charge in [-0.25, -0.2) is 0 Å². The highest BCUT2D eigenvalue weighted by molar-refractivity contribution is 9.09. The molecule has 0 aliphatic heterocycles. The first-order valence-corrected chi connectivity index (χ1v) is 5.29. The van der Waals surface area contributed by atoms with E-state index in [0.717, 1.165) is 11.2 Å². The van der Waals surface area contributed by atoms with E-state index in [1.807, 2.05) is 0 Å². The lowest BCUT2D eigenvalue weighted by molar-refractivity contribution is -0.151. The first-order valence-electron chi connectivity index (χ1n) is 4.17. The van der Waals surface area contributed by atoms with E-state index in [0.29, 0.717) is 0 Å². The molecule has 0 aliphatic carbocycles. The smallest absolute Gasteiger partial charge is 0.316 e. The number of esters is 2. The summed E-state index contributed by atoms with van der Waals surface area (Å²) < 4.78 is 8.37. The van der Waals surface area contributed by atoms with E-state index in [4.69, 9.17) is 0 Å². The second-order valence-electron chi connectivity index (χ2n) is 2.88. The van der Waals surface area contributed by atoms with E-state index in [1.165, 1.54) is 14.2 Å². The van der Waals surface area contributed by atoms with Crippen LogP contribution < -0.4 is 0 Å². The number of carbonyl (C=O) groups excluding carboxylic acids is 2. The van der Waals surface area contributed by atoms with Crippen molar-refractivity contribution in [3.05, 3.63) is 0 Å². The van der Waals surface area contributed by atoms with E-state index < -0.39 is 11.9 Å². The van der Waals surface area contributed by atoms with Crippen LogP contribution in [-0.2, 0) is 19.1 Å². The summed E-state index contributed by atoms with van der Waals surface area (Å²) in [7, 11) is 2.43. The lowest BCUT2D eigenvalue weighted by Gasteiger charge is -1.95. The van der Waals surface area contributed by atoms with E-state index in [9.17, 15) is 9.59 Å². The highest BCUT2D eigenvalue weighted by Gasteiger charge is 2.07. The molecule has 14 heavy (non-hydrogen) atoms. The zero-order valence-electron chi connectivity index (χ0n) is 9.00. The molecule has 0 amide bonds. The Morgan fingerprint density at radius 2 is 1.43 bits per heavy atom. The number of halogens is 1. The van der Waals surface area contributed by atoms with Gasteiger partial charge in [0.15, 0.2) is 0 Å². The number of ether oxygens (including phenoxy) is 2. The number of alkyl halides is 1. The molecular formula is C9H17BrO4. The molecule has 0 aliphatic rings. The van der Waals surface area contributed by atoms with Crippen molar-refractivity contribution < 1.29 is 19.1 Å². The Morgan fingerprint density at radius 3 is 1.57 bits per heavy atom. The minimum atomic E-state index is -0.582. The highest BCUT2D eigenvalue weighted by atomic mass is 79.9. The predicted molar refractivity (Wildman–Crippen MR) is 57.3 cm³/mol. The highest BCUT2D eigenvalue weighted by Crippen LogP contribution is 1.94. The number of methoxy groups -OCH3 is 2. The van der Waals surface area contributed by atoms with Crippen LogP contribution in [0, 0.1) is 5.92 Å². The van der Waals surface area contributed by atoms with Gasteiger partial charge in [0.05, 0.1) is 14.2 Å². The van der Waals surface area contributed by atoms with Crippen molar-refractivity contribution in [2.75, 3.05) is 19.5 Å². The fourth-order valence-electron chi connectivity index (χ4n) is 0.262. The summed E-state index contributed by atoms with van der Waals surface area (Å²) in [5.41, 5.74) is 0. The third kappa shape index (κ3) is 14.0. The second-order valence-corrected chi connectivity index (χ2v) is 3.52. The van der Waals surface area contributed by atoms with Crippen molar-refractivity contribution in [2.45, 2.75) is 20.3 Å². The van der Waals surface area contributed by atoms with Gasteiger partial charge in [-0.1, -0.05) is 29.8 Å². The van der Waals surface area contributed by atoms with Gasteiger partial charge in [0.1, 0.15) is 6.42 Å². The average Bonchev–Trinajstić information content (AvgIpc) is 2.18. The van der Waals surface area contributed by atoms with Crippen molar-refractivity contribution in [3.63, 3.8) is 0 Å². The summed E-state index contributed by atoms with van der Waals surface area (Å²) in [6, 6.07) is 0. The number of hydrogen-bond donors (Lipinski definition) is 0. The van der Waals surface area contributed by atoms with Crippen LogP contribution in [0.15, 0.2) is 0 Å². The Balaban J connectivity index is 0. The van der Waals surface area contributed by atoms with Gasteiger partial charge in [-0.3, -0.25) is 9.59 Å². The van der Waals surface area contributed by atoms with E-state index in [-0.39, 0.29) is 6.42 Å². The monoisotopic (exact) mass is 268 g/mol. The maximum Gasteiger partial charge on any atom is 0.316 e. The summed E-state index contributed by atoms with van der Waals surface area (Å²) in [5, 5.41) is 1.12. The van der Waals surface area contributed by atoms with Gasteiger partial charge < -0.3 is 9.47 Å². The van der Waals surface area contributed by atoms with Crippen molar-refractivity contribution in [3.8, 4) is 0 Å². The molecule has 0 aromatic heterocycles. The lowest BCUT2D eigenvalue weighted by Crippen LogP contribution is -2.09. The normalized spacial score (nSPS) is 8.71. The molecular weight excluding hydrogens is 252 g/mol. The zero-order valence-corrected chi connectivity index (χ0v) is 10.6. The third-order valence-corrected chi connectivity index (χ3v) is 2.35. The molecule has 0 N–H and O–H groups in total. The number of rotatable bonds is 3. The topological polar surface area (TPSA) is 52.6 Å². The van der Waals surface area contributed by atoms with Crippen molar-refractivity contribution in [1.82, 2.24) is 0 Å². The largest absolute Gasteiger partial charge is 0.469 e. The molecule has 0 aromatic carbocycles. The molecule has 0 fully saturated rings. The SMILES string of the molecule is CC(C)CBr.COC(=O)CC(=O)OC. The molecule has 5 heteroatoms. The van der Waals surface area contributed by atoms with Gasteiger partial charge in [-0.2, -0.15) is 0 Å². The molecule has 0 saturated heterocycles. The molecule has 0 radical (unpaired) electrons. The Kier molecular flexibility index (Phi) is 11.9.